The van der Waals surface area contributed by atoms with Gasteiger partial charge in [-0.1, -0.05) is 18.2 Å². The second kappa shape index (κ2) is 7.18. The topological polar surface area (TPSA) is 133 Å². The zero-order valence-corrected chi connectivity index (χ0v) is 14.4. The van der Waals surface area contributed by atoms with E-state index in [0.29, 0.717) is 6.42 Å². The van der Waals surface area contributed by atoms with E-state index in [1.165, 1.54) is 18.2 Å². The second-order valence-electron chi connectivity index (χ2n) is 6.17. The van der Waals surface area contributed by atoms with E-state index < -0.39 is 38.8 Å². The van der Waals surface area contributed by atoms with Crippen molar-refractivity contribution in [2.45, 2.75) is 25.3 Å². The van der Waals surface area contributed by atoms with Crippen LogP contribution in [0.2, 0.25) is 0 Å². The van der Waals surface area contributed by atoms with Crippen molar-refractivity contribution in [3.63, 3.8) is 0 Å². The zero-order valence-electron chi connectivity index (χ0n) is 13.6. The van der Waals surface area contributed by atoms with Crippen molar-refractivity contribution in [3.05, 3.63) is 39.9 Å². The van der Waals surface area contributed by atoms with Crippen molar-refractivity contribution >= 4 is 27.4 Å². The zero-order chi connectivity index (χ0) is 18.7. The molecule has 0 radical (unpaired) electrons. The Morgan fingerprint density at radius 2 is 2.04 bits per heavy atom. The number of carbonyl (C=O) groups is 2. The summed E-state index contributed by atoms with van der Waals surface area (Å²) in [5, 5.41) is 13.4. The second-order valence-corrected chi connectivity index (χ2v) is 8.36. The van der Waals surface area contributed by atoms with Gasteiger partial charge in [-0.2, -0.15) is 0 Å². The molecule has 1 heterocycles. The predicted molar refractivity (Wildman–Crippen MR) is 87.6 cm³/mol. The Labute approximate surface area is 144 Å². The molecule has 0 aliphatic carbocycles. The number of para-hydroxylation sites is 1. The minimum atomic E-state index is -3.17. The molecule has 1 aliphatic heterocycles. The number of hydrogen-bond acceptors (Lipinski definition) is 7. The molecule has 0 aromatic heterocycles. The minimum Gasteiger partial charge on any atom is -0.455 e. The fourth-order valence-electron chi connectivity index (χ4n) is 2.67. The molecule has 10 heteroatoms. The van der Waals surface area contributed by atoms with Crippen LogP contribution in [0.15, 0.2) is 24.3 Å². The maximum atomic E-state index is 11.9. The number of sulfone groups is 1. The van der Waals surface area contributed by atoms with Gasteiger partial charge in [0, 0.05) is 11.6 Å². The Bertz CT molecular complexity index is 806. The van der Waals surface area contributed by atoms with Crippen LogP contribution in [0.5, 0.6) is 0 Å². The molecule has 1 atom stereocenters. The molecule has 0 spiro atoms. The van der Waals surface area contributed by atoms with Gasteiger partial charge in [-0.05, 0) is 13.3 Å². The molecule has 1 amide bonds. The average molecular weight is 370 g/mol. The molecule has 1 saturated heterocycles. The normalized spacial score (nSPS) is 21.5. The van der Waals surface area contributed by atoms with E-state index in [1.807, 2.05) is 0 Å². The van der Waals surface area contributed by atoms with Crippen molar-refractivity contribution in [1.29, 1.82) is 0 Å². The van der Waals surface area contributed by atoms with Crippen LogP contribution in [0.1, 0.15) is 18.9 Å². The first-order chi connectivity index (χ1) is 11.6. The van der Waals surface area contributed by atoms with Gasteiger partial charge in [0.25, 0.3) is 11.6 Å². The van der Waals surface area contributed by atoms with Crippen LogP contribution in [0.4, 0.5) is 5.69 Å². The first-order valence-electron chi connectivity index (χ1n) is 7.50. The third-order valence-corrected chi connectivity index (χ3v) is 5.73. The van der Waals surface area contributed by atoms with Gasteiger partial charge >= 0.3 is 5.97 Å². The Balaban J connectivity index is 1.86. The summed E-state index contributed by atoms with van der Waals surface area (Å²) in [6.45, 7) is 1.04. The lowest BCUT2D eigenvalue weighted by atomic mass is 10.0. The molecule has 1 aromatic rings. The Morgan fingerprint density at radius 3 is 2.64 bits per heavy atom. The number of nitro benzene ring substituents is 1. The fraction of sp³-hybridized carbons (Fsp3) is 0.467. The highest BCUT2D eigenvalue weighted by Gasteiger charge is 2.39. The lowest BCUT2D eigenvalue weighted by molar-refractivity contribution is -0.385. The molecule has 1 aliphatic rings. The third kappa shape index (κ3) is 5.24. The fourth-order valence-corrected chi connectivity index (χ4v) is 4.77. The summed E-state index contributed by atoms with van der Waals surface area (Å²) >= 11 is 0. The van der Waals surface area contributed by atoms with Crippen LogP contribution < -0.4 is 5.32 Å². The third-order valence-electron chi connectivity index (χ3n) is 3.83. The van der Waals surface area contributed by atoms with Crippen molar-refractivity contribution in [2.24, 2.45) is 0 Å². The summed E-state index contributed by atoms with van der Waals surface area (Å²) in [7, 11) is -3.17. The number of rotatable bonds is 6. The lowest BCUT2D eigenvalue weighted by Gasteiger charge is -2.23. The molecule has 1 N–H and O–H groups in total. The highest BCUT2D eigenvalue weighted by Crippen LogP contribution is 2.22. The first kappa shape index (κ1) is 18.8. The van der Waals surface area contributed by atoms with Gasteiger partial charge in [0.2, 0.25) is 0 Å². The van der Waals surface area contributed by atoms with E-state index >= 15 is 0 Å². The predicted octanol–water partition coefficient (Wildman–Crippen LogP) is 0.374. The number of esters is 1. The molecule has 1 fully saturated rings. The number of carbonyl (C=O) groups excluding carboxylic acids is 2. The highest BCUT2D eigenvalue weighted by molar-refractivity contribution is 7.91. The first-order valence-corrected chi connectivity index (χ1v) is 9.32. The van der Waals surface area contributed by atoms with Crippen molar-refractivity contribution < 1.29 is 27.7 Å². The van der Waals surface area contributed by atoms with E-state index in [9.17, 15) is 28.1 Å². The van der Waals surface area contributed by atoms with Gasteiger partial charge in [-0.25, -0.2) is 8.42 Å². The number of ether oxygens (including phenoxy) is 1. The summed E-state index contributed by atoms with van der Waals surface area (Å²) in [5.74, 6) is -1.55. The number of nitro groups is 1. The number of nitrogens with zero attached hydrogens (tertiary/aromatic N) is 1. The Morgan fingerprint density at radius 1 is 1.36 bits per heavy atom. The van der Waals surface area contributed by atoms with Crippen LogP contribution in [-0.4, -0.2) is 48.9 Å². The Kier molecular flexibility index (Phi) is 5.41. The maximum Gasteiger partial charge on any atom is 0.311 e. The SMILES string of the molecule is CC1(NC(=O)COC(=O)Cc2ccccc2[N+](=O)[O-])CCS(=O)(=O)C1. The number of amides is 1. The minimum absolute atomic E-state index is 0.00123. The Hall–Kier alpha value is -2.49. The van der Waals surface area contributed by atoms with Crippen LogP contribution in [0.25, 0.3) is 0 Å². The van der Waals surface area contributed by atoms with E-state index in [0.717, 1.165) is 0 Å². The monoisotopic (exact) mass is 370 g/mol. The van der Waals surface area contributed by atoms with Crippen molar-refractivity contribution in [1.82, 2.24) is 5.32 Å². The largest absolute Gasteiger partial charge is 0.455 e. The molecular formula is C15H18N2O7S. The van der Waals surface area contributed by atoms with Gasteiger partial charge in [0.1, 0.15) is 0 Å². The average Bonchev–Trinajstić information content (AvgIpc) is 2.78. The summed E-state index contributed by atoms with van der Waals surface area (Å²) < 4.78 is 27.8. The van der Waals surface area contributed by atoms with E-state index in [4.69, 9.17) is 4.74 Å². The number of nitrogens with one attached hydrogen (secondary N) is 1. The molecule has 0 bridgehead atoms. The molecule has 25 heavy (non-hydrogen) atoms. The summed E-state index contributed by atoms with van der Waals surface area (Å²) in [4.78, 5) is 33.9. The summed E-state index contributed by atoms with van der Waals surface area (Å²) in [6, 6.07) is 5.75. The van der Waals surface area contributed by atoms with Crippen LogP contribution in [-0.2, 0) is 30.6 Å². The molecule has 0 saturated carbocycles. The quantitative estimate of drug-likeness (QED) is 0.434. The molecule has 1 aromatic carbocycles. The van der Waals surface area contributed by atoms with Gasteiger partial charge in [0.15, 0.2) is 16.4 Å². The van der Waals surface area contributed by atoms with Gasteiger partial charge in [0.05, 0.1) is 28.4 Å². The number of benzene rings is 1. The number of hydrogen-bond donors (Lipinski definition) is 1. The lowest BCUT2D eigenvalue weighted by Crippen LogP contribution is -2.48. The van der Waals surface area contributed by atoms with Crippen LogP contribution in [0.3, 0.4) is 0 Å². The van der Waals surface area contributed by atoms with Gasteiger partial charge in [-0.15, -0.1) is 0 Å². The van der Waals surface area contributed by atoms with Crippen molar-refractivity contribution in [2.75, 3.05) is 18.1 Å². The molecule has 9 nitrogen and oxygen atoms in total. The van der Waals surface area contributed by atoms with E-state index in [1.54, 1.807) is 13.0 Å². The molecule has 1 unspecified atom stereocenters. The maximum absolute atomic E-state index is 11.9. The summed E-state index contributed by atoms with van der Waals surface area (Å²) in [5.41, 5.74) is -0.889. The van der Waals surface area contributed by atoms with Gasteiger partial charge in [-0.3, -0.25) is 19.7 Å². The van der Waals surface area contributed by atoms with E-state index in [2.05, 4.69) is 5.32 Å². The van der Waals surface area contributed by atoms with E-state index in [-0.39, 0.29) is 29.2 Å². The van der Waals surface area contributed by atoms with Crippen LogP contribution in [0, 0.1) is 10.1 Å². The standard InChI is InChI=1S/C15H18N2O7S/c1-15(6-7-25(22,23)10-15)16-13(18)9-24-14(19)8-11-4-2-3-5-12(11)17(20)21/h2-5H,6-10H2,1H3,(H,16,18). The van der Waals surface area contributed by atoms with Crippen molar-refractivity contribution in [3.8, 4) is 0 Å². The molecule has 2 rings (SSSR count). The van der Waals surface area contributed by atoms with Gasteiger partial charge < -0.3 is 10.1 Å². The smallest absolute Gasteiger partial charge is 0.311 e. The summed E-state index contributed by atoms with van der Waals surface area (Å²) in [6.07, 6.45) is -0.0404. The highest BCUT2D eigenvalue weighted by atomic mass is 32.2. The van der Waals surface area contributed by atoms with Crippen LogP contribution >= 0.6 is 0 Å². The molecular weight excluding hydrogens is 352 g/mol. The molecule has 136 valence electrons.